The molecular weight excluding hydrogens is 278 g/mol. The highest BCUT2D eigenvalue weighted by Gasteiger charge is 2.29. The maximum atomic E-state index is 9.13. The van der Waals surface area contributed by atoms with Crippen LogP contribution in [0.25, 0.3) is 0 Å². The van der Waals surface area contributed by atoms with E-state index in [-0.39, 0.29) is 11.5 Å². The van der Waals surface area contributed by atoms with Crippen molar-refractivity contribution in [1.82, 2.24) is 4.90 Å². The number of nitriles is 2. The van der Waals surface area contributed by atoms with Crippen LogP contribution < -0.4 is 0 Å². The molecule has 7 nitrogen and oxygen atoms in total. The normalized spacial score (nSPS) is 18.6. The summed E-state index contributed by atoms with van der Waals surface area (Å²) in [6, 6.07) is 3.78. The Labute approximate surface area is 121 Å². The van der Waals surface area contributed by atoms with Crippen LogP contribution in [0.5, 0.6) is 0 Å². The van der Waals surface area contributed by atoms with Crippen molar-refractivity contribution in [2.45, 2.75) is 6.92 Å². The Balaban J connectivity index is 2.40. The molecule has 0 N–H and O–H groups in total. The van der Waals surface area contributed by atoms with Gasteiger partial charge < -0.3 is 14.4 Å². The van der Waals surface area contributed by atoms with E-state index >= 15 is 0 Å². The summed E-state index contributed by atoms with van der Waals surface area (Å²) in [5.41, 5.74) is 0.334. The molecule has 0 atom stereocenters. The highest BCUT2D eigenvalue weighted by atomic mass is 32.2. The molecular formula is C12H13N5O2S. The molecule has 0 radical (unpaired) electrons. The summed E-state index contributed by atoms with van der Waals surface area (Å²) < 4.78 is 19.1. The first-order chi connectivity index (χ1) is 9.81. The molecule has 1 saturated heterocycles. The first kappa shape index (κ1) is 14.4. The lowest BCUT2D eigenvalue weighted by Gasteiger charge is -2.31. The molecule has 20 heavy (non-hydrogen) atoms. The van der Waals surface area contributed by atoms with E-state index in [0.717, 1.165) is 12.1 Å². The van der Waals surface area contributed by atoms with Gasteiger partial charge >= 0.3 is 0 Å². The Morgan fingerprint density at radius 2 is 2.05 bits per heavy atom. The van der Waals surface area contributed by atoms with E-state index in [1.54, 1.807) is 0 Å². The van der Waals surface area contributed by atoms with Gasteiger partial charge in [-0.05, 0) is 6.92 Å². The summed E-state index contributed by atoms with van der Waals surface area (Å²) in [4.78, 5) is 1.98. The Hall–Kier alpha value is -2.03. The van der Waals surface area contributed by atoms with Crippen molar-refractivity contribution < 1.29 is 9.47 Å². The molecule has 2 rings (SSSR count). The molecule has 2 heterocycles. The Kier molecular flexibility index (Phi) is 4.99. The van der Waals surface area contributed by atoms with Crippen molar-refractivity contribution in [3.8, 4) is 12.1 Å². The molecule has 0 aromatic heterocycles. The van der Waals surface area contributed by atoms with Gasteiger partial charge in [0.25, 0.3) is 0 Å². The molecule has 0 aromatic rings. The van der Waals surface area contributed by atoms with E-state index in [0.29, 0.717) is 44.3 Å². The Bertz CT molecular complexity index is 533. The quantitative estimate of drug-likeness (QED) is 0.530. The van der Waals surface area contributed by atoms with E-state index in [1.807, 2.05) is 24.0 Å². The van der Waals surface area contributed by atoms with Crippen LogP contribution in [-0.4, -0.2) is 49.5 Å². The van der Waals surface area contributed by atoms with Crippen molar-refractivity contribution in [2.24, 2.45) is 8.80 Å². The van der Waals surface area contributed by atoms with Gasteiger partial charge in [-0.2, -0.15) is 19.3 Å². The summed E-state index contributed by atoms with van der Waals surface area (Å²) in [6.07, 6.45) is 0. The fourth-order valence-electron chi connectivity index (χ4n) is 1.86. The first-order valence-corrected chi connectivity index (χ1v) is 6.87. The number of amidine groups is 1. The van der Waals surface area contributed by atoms with Crippen LogP contribution in [0.4, 0.5) is 0 Å². The third kappa shape index (κ3) is 2.93. The summed E-state index contributed by atoms with van der Waals surface area (Å²) in [7, 11) is 0. The lowest BCUT2D eigenvalue weighted by Crippen LogP contribution is -2.43. The van der Waals surface area contributed by atoms with Gasteiger partial charge in [-0.15, -0.1) is 0 Å². The number of ether oxygens (including phenoxy) is 2. The van der Waals surface area contributed by atoms with Gasteiger partial charge in [-0.25, -0.2) is 0 Å². The number of hydrogen-bond acceptors (Lipinski definition) is 8. The van der Waals surface area contributed by atoms with Crippen LogP contribution in [0.1, 0.15) is 6.92 Å². The minimum atomic E-state index is -0.0391. The molecule has 1 fully saturated rings. The largest absolute Gasteiger partial charge is 0.477 e. The molecule has 0 bridgehead atoms. The first-order valence-electron chi connectivity index (χ1n) is 6.14. The van der Waals surface area contributed by atoms with Gasteiger partial charge in [0.05, 0.1) is 19.8 Å². The minimum Gasteiger partial charge on any atom is -0.477 e. The number of hydrogen-bond donors (Lipinski definition) is 0. The van der Waals surface area contributed by atoms with E-state index in [1.165, 1.54) is 0 Å². The smallest absolute Gasteiger partial charge is 0.235 e. The lowest BCUT2D eigenvalue weighted by molar-refractivity contribution is 0.0683. The Morgan fingerprint density at radius 3 is 2.65 bits per heavy atom. The SMILES string of the molecule is CCOC1=NSN=C(N2CCOCC2)C1=C(C#N)C#N. The fourth-order valence-corrected chi connectivity index (χ4v) is 2.41. The summed E-state index contributed by atoms with van der Waals surface area (Å²) in [5.74, 6) is 0.849. The van der Waals surface area contributed by atoms with Gasteiger partial charge in [0.15, 0.2) is 5.84 Å². The van der Waals surface area contributed by atoms with Crippen molar-refractivity contribution >= 4 is 23.9 Å². The highest BCUT2D eigenvalue weighted by molar-refractivity contribution is 7.97. The molecule has 8 heteroatoms. The standard InChI is InChI=1S/C12H13N5O2S/c1-2-19-12-10(9(7-13)8-14)11(15-20-16-12)17-3-5-18-6-4-17/h2-6H2,1H3. The second-order valence-corrected chi connectivity index (χ2v) is 4.43. The van der Waals surface area contributed by atoms with Crippen LogP contribution in [0.2, 0.25) is 0 Å². The van der Waals surface area contributed by atoms with Crippen LogP contribution in [0, 0.1) is 22.7 Å². The molecule has 0 spiro atoms. The summed E-state index contributed by atoms with van der Waals surface area (Å²) in [5, 5.41) is 18.3. The second-order valence-electron chi connectivity index (χ2n) is 3.90. The second kappa shape index (κ2) is 6.94. The number of allylic oxidation sites excluding steroid dienone is 1. The zero-order valence-electron chi connectivity index (χ0n) is 11.0. The fraction of sp³-hybridized carbons (Fsp3) is 0.500. The summed E-state index contributed by atoms with van der Waals surface area (Å²) >= 11 is 1.00. The van der Waals surface area contributed by atoms with Crippen LogP contribution >= 0.6 is 12.1 Å². The number of morpholine rings is 1. The molecule has 0 aliphatic carbocycles. The van der Waals surface area contributed by atoms with Crippen molar-refractivity contribution in [1.29, 1.82) is 10.5 Å². The predicted molar refractivity (Wildman–Crippen MR) is 74.7 cm³/mol. The third-order valence-electron chi connectivity index (χ3n) is 2.75. The van der Waals surface area contributed by atoms with Crippen molar-refractivity contribution in [3.63, 3.8) is 0 Å². The maximum absolute atomic E-state index is 9.13. The predicted octanol–water partition coefficient (Wildman–Crippen LogP) is 1.07. The van der Waals surface area contributed by atoms with Gasteiger partial charge in [-0.3, -0.25) is 0 Å². The van der Waals surface area contributed by atoms with Gasteiger partial charge in [0.1, 0.15) is 35.4 Å². The average Bonchev–Trinajstić information content (AvgIpc) is 2.51. The molecule has 2 aliphatic heterocycles. The zero-order valence-corrected chi connectivity index (χ0v) is 11.8. The molecule has 0 aromatic carbocycles. The lowest BCUT2D eigenvalue weighted by atomic mass is 10.1. The molecule has 0 unspecified atom stereocenters. The number of rotatable bonds is 1. The van der Waals surface area contributed by atoms with E-state index in [2.05, 4.69) is 8.80 Å². The van der Waals surface area contributed by atoms with Crippen molar-refractivity contribution in [3.05, 3.63) is 11.1 Å². The molecule has 2 aliphatic rings. The highest BCUT2D eigenvalue weighted by Crippen LogP contribution is 2.24. The van der Waals surface area contributed by atoms with Gasteiger partial charge in [0.2, 0.25) is 5.90 Å². The summed E-state index contributed by atoms with van der Waals surface area (Å²) in [6.45, 7) is 4.73. The Morgan fingerprint density at radius 1 is 1.35 bits per heavy atom. The molecule has 0 amide bonds. The molecule has 0 saturated carbocycles. The van der Waals surface area contributed by atoms with Gasteiger partial charge in [-0.1, -0.05) is 0 Å². The minimum absolute atomic E-state index is 0.0391. The maximum Gasteiger partial charge on any atom is 0.235 e. The topological polar surface area (TPSA) is 94.0 Å². The van der Waals surface area contributed by atoms with E-state index in [4.69, 9.17) is 20.0 Å². The number of nitrogens with zero attached hydrogens (tertiary/aromatic N) is 5. The van der Waals surface area contributed by atoms with E-state index < -0.39 is 0 Å². The van der Waals surface area contributed by atoms with Crippen molar-refractivity contribution in [2.75, 3.05) is 32.9 Å². The molecule has 104 valence electrons. The third-order valence-corrected chi connectivity index (χ3v) is 3.26. The van der Waals surface area contributed by atoms with Crippen LogP contribution in [0.15, 0.2) is 19.9 Å². The van der Waals surface area contributed by atoms with Gasteiger partial charge in [0, 0.05) is 13.1 Å². The zero-order chi connectivity index (χ0) is 14.4. The monoisotopic (exact) mass is 291 g/mol. The van der Waals surface area contributed by atoms with E-state index in [9.17, 15) is 0 Å². The van der Waals surface area contributed by atoms with Crippen LogP contribution in [-0.2, 0) is 9.47 Å². The van der Waals surface area contributed by atoms with Crippen LogP contribution in [0.3, 0.4) is 0 Å². The average molecular weight is 291 g/mol.